The second-order valence-electron chi connectivity index (χ2n) is 6.99. The molecule has 32 heavy (non-hydrogen) atoms. The van der Waals surface area contributed by atoms with Gasteiger partial charge in [-0.3, -0.25) is 14.5 Å². The van der Waals surface area contributed by atoms with Crippen molar-refractivity contribution in [2.45, 2.75) is 22.7 Å². The lowest BCUT2D eigenvalue weighted by molar-refractivity contribution is -0.151. The fourth-order valence-corrected chi connectivity index (χ4v) is 5.72. The first-order chi connectivity index (χ1) is 15.3. The van der Waals surface area contributed by atoms with Crippen molar-refractivity contribution < 1.29 is 29.7 Å². The summed E-state index contributed by atoms with van der Waals surface area (Å²) in [4.78, 5) is 38.3. The summed E-state index contributed by atoms with van der Waals surface area (Å²) in [5.41, 5.74) is 0.431. The molecule has 1 aromatic heterocycles. The Bertz CT molecular complexity index is 1120. The molecule has 1 saturated heterocycles. The number of carbonyl (C=O) groups is 3. The first-order valence-electron chi connectivity index (χ1n) is 9.31. The summed E-state index contributed by atoms with van der Waals surface area (Å²) in [7, 11) is 1.66. The van der Waals surface area contributed by atoms with E-state index in [1.807, 2.05) is 0 Å². The van der Waals surface area contributed by atoms with Crippen molar-refractivity contribution in [3.05, 3.63) is 41.1 Å². The number of rotatable bonds is 7. The van der Waals surface area contributed by atoms with Crippen molar-refractivity contribution in [3.8, 4) is 5.75 Å². The zero-order chi connectivity index (χ0) is 23.0. The molecule has 0 unspecified atom stereocenters. The standard InChI is InChI=1S/C18H18N6O6S2/c1-23-18(20-21-22-23)32-7-8-6-31-16-11(15(28)24(16)12(8)17(29)30)19-14(27)13(26)9-4-2-3-5-10(9)25/h2-5,11,13,16,25-26H,6-7H2,1H3,(H,19,27)(H,29,30)/t11-,13-,16-/m1/s1. The van der Waals surface area contributed by atoms with Crippen LogP contribution < -0.4 is 5.32 Å². The van der Waals surface area contributed by atoms with Crippen LogP contribution in [0.25, 0.3) is 0 Å². The molecular weight excluding hydrogens is 460 g/mol. The topological polar surface area (TPSA) is 171 Å². The van der Waals surface area contributed by atoms with Gasteiger partial charge in [-0.2, -0.15) is 0 Å². The van der Waals surface area contributed by atoms with Crippen LogP contribution in [0.15, 0.2) is 40.7 Å². The van der Waals surface area contributed by atoms with Crippen LogP contribution in [0, 0.1) is 0 Å². The van der Waals surface area contributed by atoms with E-state index < -0.39 is 35.3 Å². The number of aromatic nitrogens is 4. The Labute approximate surface area is 189 Å². The number of carbonyl (C=O) groups excluding carboxylic acids is 2. The molecule has 1 aromatic carbocycles. The lowest BCUT2D eigenvalue weighted by Crippen LogP contribution is -2.70. The average Bonchev–Trinajstić information content (AvgIpc) is 3.19. The number of carboxylic acid groups (broad SMARTS) is 1. The highest BCUT2D eigenvalue weighted by atomic mass is 32.2. The van der Waals surface area contributed by atoms with Crippen molar-refractivity contribution in [1.29, 1.82) is 0 Å². The molecule has 4 N–H and O–H groups in total. The van der Waals surface area contributed by atoms with E-state index in [1.54, 1.807) is 19.2 Å². The van der Waals surface area contributed by atoms with E-state index in [9.17, 15) is 29.7 Å². The number of aromatic hydroxyl groups is 1. The number of aryl methyl sites for hydroxylation is 1. The van der Waals surface area contributed by atoms with Crippen LogP contribution in [0.1, 0.15) is 11.7 Å². The number of aliphatic hydroxyl groups is 1. The summed E-state index contributed by atoms with van der Waals surface area (Å²) in [6.07, 6.45) is -1.67. The van der Waals surface area contributed by atoms with Crippen molar-refractivity contribution in [3.63, 3.8) is 0 Å². The van der Waals surface area contributed by atoms with Crippen LogP contribution in [-0.4, -0.2) is 81.1 Å². The predicted octanol–water partition coefficient (Wildman–Crippen LogP) is -0.520. The van der Waals surface area contributed by atoms with E-state index >= 15 is 0 Å². The number of tetrazole rings is 1. The summed E-state index contributed by atoms with van der Waals surface area (Å²) in [6.45, 7) is 0. The average molecular weight is 479 g/mol. The van der Waals surface area contributed by atoms with Gasteiger partial charge in [0.1, 0.15) is 22.9 Å². The number of amides is 2. The number of hydrogen-bond donors (Lipinski definition) is 4. The van der Waals surface area contributed by atoms with E-state index in [1.165, 1.54) is 40.3 Å². The number of phenols is 1. The van der Waals surface area contributed by atoms with Gasteiger partial charge in [0.25, 0.3) is 11.8 Å². The molecule has 2 amide bonds. The Morgan fingerprint density at radius 2 is 2.12 bits per heavy atom. The Kier molecular flexibility index (Phi) is 6.08. The Morgan fingerprint density at radius 3 is 2.78 bits per heavy atom. The lowest BCUT2D eigenvalue weighted by Gasteiger charge is -2.49. The predicted molar refractivity (Wildman–Crippen MR) is 112 cm³/mol. The van der Waals surface area contributed by atoms with Crippen molar-refractivity contribution in [2.24, 2.45) is 7.05 Å². The zero-order valence-electron chi connectivity index (χ0n) is 16.6. The molecule has 4 rings (SSSR count). The van der Waals surface area contributed by atoms with E-state index in [2.05, 4.69) is 20.8 Å². The SMILES string of the molecule is Cn1nnnc1SCC1=C(C(=O)O)N2C(=O)[C@@H](NC(=O)[C@H](O)c3ccccc3O)[C@H]2SC1. The van der Waals surface area contributed by atoms with Gasteiger partial charge in [0.05, 0.1) is 0 Å². The van der Waals surface area contributed by atoms with E-state index in [0.717, 1.165) is 4.90 Å². The van der Waals surface area contributed by atoms with Crippen LogP contribution in [0.4, 0.5) is 0 Å². The lowest BCUT2D eigenvalue weighted by atomic mass is 10.0. The second-order valence-corrected chi connectivity index (χ2v) is 9.04. The molecule has 2 aromatic rings. The number of nitrogens with one attached hydrogen (secondary N) is 1. The molecule has 0 spiro atoms. The van der Waals surface area contributed by atoms with Crippen LogP contribution in [0.5, 0.6) is 5.75 Å². The number of benzene rings is 1. The fourth-order valence-electron chi connectivity index (χ4n) is 3.38. The smallest absolute Gasteiger partial charge is 0.352 e. The number of β-lactam (4-membered cyclic amide) rings is 1. The number of aliphatic hydroxyl groups excluding tert-OH is 1. The number of thioether (sulfide) groups is 2. The molecule has 168 valence electrons. The van der Waals surface area contributed by atoms with Crippen molar-refractivity contribution >= 4 is 41.3 Å². The molecule has 2 aliphatic rings. The Balaban J connectivity index is 1.47. The molecule has 0 aliphatic carbocycles. The number of nitrogens with zero attached hydrogens (tertiary/aromatic N) is 5. The number of carboxylic acids is 1. The molecule has 14 heteroatoms. The maximum atomic E-state index is 12.7. The first kappa shape index (κ1) is 22.1. The Hall–Kier alpha value is -3.10. The summed E-state index contributed by atoms with van der Waals surface area (Å²) in [5, 5.41) is 43.3. The summed E-state index contributed by atoms with van der Waals surface area (Å²) >= 11 is 2.57. The number of aliphatic carboxylic acids is 1. The van der Waals surface area contributed by atoms with Crippen LogP contribution in [0.2, 0.25) is 0 Å². The maximum Gasteiger partial charge on any atom is 0.352 e. The largest absolute Gasteiger partial charge is 0.508 e. The van der Waals surface area contributed by atoms with Gasteiger partial charge in [-0.05, 0) is 22.1 Å². The molecule has 2 aliphatic heterocycles. The normalized spacial score (nSPS) is 21.1. The zero-order valence-corrected chi connectivity index (χ0v) is 18.2. The second kappa shape index (κ2) is 8.80. The van der Waals surface area contributed by atoms with Crippen molar-refractivity contribution in [1.82, 2.24) is 30.4 Å². The van der Waals surface area contributed by atoms with Gasteiger partial charge in [-0.1, -0.05) is 30.0 Å². The maximum absolute atomic E-state index is 12.7. The number of para-hydroxylation sites is 1. The molecule has 0 radical (unpaired) electrons. The van der Waals surface area contributed by atoms with Crippen LogP contribution in [0.3, 0.4) is 0 Å². The van der Waals surface area contributed by atoms with Gasteiger partial charge in [0.15, 0.2) is 6.10 Å². The van der Waals surface area contributed by atoms with Gasteiger partial charge in [-0.25, -0.2) is 9.48 Å². The first-order valence-corrected chi connectivity index (χ1v) is 11.3. The molecule has 12 nitrogen and oxygen atoms in total. The molecule has 1 fully saturated rings. The summed E-state index contributed by atoms with van der Waals surface area (Å²) in [5.74, 6) is -2.32. The quantitative estimate of drug-likeness (QED) is 0.298. The van der Waals surface area contributed by atoms with E-state index in [0.29, 0.717) is 16.5 Å². The van der Waals surface area contributed by atoms with Gasteiger partial charge >= 0.3 is 5.97 Å². The van der Waals surface area contributed by atoms with Crippen LogP contribution in [-0.2, 0) is 21.4 Å². The van der Waals surface area contributed by atoms with Crippen LogP contribution >= 0.6 is 23.5 Å². The Morgan fingerprint density at radius 1 is 1.38 bits per heavy atom. The number of phenolic OH excluding ortho intramolecular Hbond substituents is 1. The molecule has 0 saturated carbocycles. The minimum atomic E-state index is -1.67. The number of fused-ring (bicyclic) bond motifs is 1. The monoisotopic (exact) mass is 478 g/mol. The van der Waals surface area contributed by atoms with Gasteiger partial charge < -0.3 is 20.6 Å². The van der Waals surface area contributed by atoms with Gasteiger partial charge in [-0.15, -0.1) is 16.9 Å². The minimum Gasteiger partial charge on any atom is -0.508 e. The van der Waals surface area contributed by atoms with Gasteiger partial charge in [0.2, 0.25) is 5.16 Å². The highest BCUT2D eigenvalue weighted by molar-refractivity contribution is 8.01. The van der Waals surface area contributed by atoms with Crippen molar-refractivity contribution in [2.75, 3.05) is 11.5 Å². The molecule has 0 bridgehead atoms. The van der Waals surface area contributed by atoms with E-state index in [4.69, 9.17) is 0 Å². The van der Waals surface area contributed by atoms with E-state index in [-0.39, 0.29) is 22.8 Å². The highest BCUT2D eigenvalue weighted by Gasteiger charge is 2.54. The highest BCUT2D eigenvalue weighted by Crippen LogP contribution is 2.41. The molecular formula is C18H18N6O6S2. The number of hydrogen-bond acceptors (Lipinski definition) is 10. The molecule has 3 heterocycles. The fraction of sp³-hybridized carbons (Fsp3) is 0.333. The minimum absolute atomic E-state index is 0.00798. The van der Waals surface area contributed by atoms with Gasteiger partial charge in [0, 0.05) is 24.1 Å². The third kappa shape index (κ3) is 3.91. The third-order valence-electron chi connectivity index (χ3n) is 4.98. The third-order valence-corrected chi connectivity index (χ3v) is 7.42. The molecule has 3 atom stereocenters. The summed E-state index contributed by atoms with van der Waals surface area (Å²) < 4.78 is 1.46. The summed E-state index contributed by atoms with van der Waals surface area (Å²) in [6, 6.07) is 4.84.